The second-order valence-electron chi connectivity index (χ2n) is 2.93. The Morgan fingerprint density at radius 3 is 2.82 bits per heavy atom. The Bertz CT molecular complexity index is 193. The average molecular weight is 153 g/mol. The van der Waals surface area contributed by atoms with Gasteiger partial charge in [0.1, 0.15) is 5.76 Å². The van der Waals surface area contributed by atoms with Gasteiger partial charge in [-0.05, 0) is 18.1 Å². The van der Waals surface area contributed by atoms with Crippen LogP contribution in [0.15, 0.2) is 22.8 Å². The zero-order chi connectivity index (χ0) is 8.27. The largest absolute Gasteiger partial charge is 0.468 e. The first-order valence-corrected chi connectivity index (χ1v) is 4.04. The molecule has 0 aliphatic heterocycles. The molecule has 0 spiro atoms. The van der Waals surface area contributed by atoms with E-state index in [0.717, 1.165) is 12.2 Å². The minimum absolute atomic E-state index is 0.0509. The van der Waals surface area contributed by atoms with Gasteiger partial charge in [0.15, 0.2) is 0 Å². The lowest BCUT2D eigenvalue weighted by Gasteiger charge is -2.14. The predicted molar refractivity (Wildman–Crippen MR) is 45.1 cm³/mol. The number of rotatable bonds is 3. The van der Waals surface area contributed by atoms with Crippen molar-refractivity contribution >= 4 is 0 Å². The third kappa shape index (κ3) is 1.84. The number of nitrogens with two attached hydrogens (primary N) is 1. The maximum Gasteiger partial charge on any atom is 0.120 e. The molecule has 62 valence electrons. The Balaban J connectivity index is 2.62. The molecule has 2 atom stereocenters. The molecule has 1 rings (SSSR count). The summed E-state index contributed by atoms with van der Waals surface area (Å²) in [6, 6.07) is 3.85. The Labute approximate surface area is 67.4 Å². The van der Waals surface area contributed by atoms with E-state index in [1.807, 2.05) is 12.1 Å². The summed E-state index contributed by atoms with van der Waals surface area (Å²) in [7, 11) is 0. The van der Waals surface area contributed by atoms with E-state index in [1.54, 1.807) is 6.26 Å². The molecule has 11 heavy (non-hydrogen) atoms. The smallest absolute Gasteiger partial charge is 0.120 e. The molecule has 0 radical (unpaired) electrons. The van der Waals surface area contributed by atoms with Crippen LogP contribution in [0.2, 0.25) is 0 Å². The monoisotopic (exact) mass is 153 g/mol. The number of hydrogen-bond acceptors (Lipinski definition) is 2. The first-order valence-electron chi connectivity index (χ1n) is 4.04. The van der Waals surface area contributed by atoms with Crippen LogP contribution in [-0.4, -0.2) is 0 Å². The second kappa shape index (κ2) is 3.58. The van der Waals surface area contributed by atoms with Crippen LogP contribution < -0.4 is 5.73 Å². The highest BCUT2D eigenvalue weighted by molar-refractivity contribution is 5.04. The molecule has 0 aliphatic carbocycles. The highest BCUT2D eigenvalue weighted by Gasteiger charge is 2.14. The minimum Gasteiger partial charge on any atom is -0.468 e. The minimum atomic E-state index is 0.0509. The summed E-state index contributed by atoms with van der Waals surface area (Å²) in [6.45, 7) is 4.26. The number of hydrogen-bond donors (Lipinski definition) is 1. The predicted octanol–water partition coefficient (Wildman–Crippen LogP) is 2.33. The topological polar surface area (TPSA) is 39.2 Å². The number of furan rings is 1. The second-order valence-corrected chi connectivity index (χ2v) is 2.93. The van der Waals surface area contributed by atoms with Gasteiger partial charge < -0.3 is 10.2 Å². The van der Waals surface area contributed by atoms with Crippen molar-refractivity contribution in [3.05, 3.63) is 24.2 Å². The molecule has 1 aromatic rings. The zero-order valence-corrected chi connectivity index (χ0v) is 7.08. The summed E-state index contributed by atoms with van der Waals surface area (Å²) in [6.07, 6.45) is 2.75. The van der Waals surface area contributed by atoms with Gasteiger partial charge in [-0.3, -0.25) is 0 Å². The first kappa shape index (κ1) is 8.34. The van der Waals surface area contributed by atoms with Crippen LogP contribution in [0.5, 0.6) is 0 Å². The maximum absolute atomic E-state index is 5.90. The molecule has 0 fully saturated rings. The fourth-order valence-corrected chi connectivity index (χ4v) is 1.02. The molecule has 1 heterocycles. The lowest BCUT2D eigenvalue weighted by atomic mass is 9.98. The Morgan fingerprint density at radius 2 is 2.36 bits per heavy atom. The molecule has 2 nitrogen and oxygen atoms in total. The van der Waals surface area contributed by atoms with Crippen LogP contribution in [0, 0.1) is 5.92 Å². The molecule has 0 aromatic carbocycles. The summed E-state index contributed by atoms with van der Waals surface area (Å²) in [5.41, 5.74) is 5.90. The third-order valence-corrected chi connectivity index (χ3v) is 2.13. The van der Waals surface area contributed by atoms with Crippen molar-refractivity contribution in [2.45, 2.75) is 26.3 Å². The van der Waals surface area contributed by atoms with Crippen LogP contribution in [0.1, 0.15) is 32.1 Å². The van der Waals surface area contributed by atoms with E-state index in [4.69, 9.17) is 10.2 Å². The van der Waals surface area contributed by atoms with Gasteiger partial charge in [-0.25, -0.2) is 0 Å². The fourth-order valence-electron chi connectivity index (χ4n) is 1.02. The molecule has 1 aromatic heterocycles. The fraction of sp³-hybridized carbons (Fsp3) is 0.556. The molecule has 0 amide bonds. The van der Waals surface area contributed by atoms with E-state index >= 15 is 0 Å². The average Bonchev–Trinajstić information content (AvgIpc) is 2.53. The van der Waals surface area contributed by atoms with Crippen molar-refractivity contribution in [1.82, 2.24) is 0 Å². The van der Waals surface area contributed by atoms with Crippen LogP contribution in [0.4, 0.5) is 0 Å². The van der Waals surface area contributed by atoms with Gasteiger partial charge >= 0.3 is 0 Å². The highest BCUT2D eigenvalue weighted by atomic mass is 16.3. The quantitative estimate of drug-likeness (QED) is 0.723. The lowest BCUT2D eigenvalue weighted by molar-refractivity contribution is 0.376. The van der Waals surface area contributed by atoms with Gasteiger partial charge in [-0.15, -0.1) is 0 Å². The molecule has 0 saturated heterocycles. The van der Waals surface area contributed by atoms with Crippen molar-refractivity contribution in [2.24, 2.45) is 11.7 Å². The summed E-state index contributed by atoms with van der Waals surface area (Å²) < 4.78 is 5.19. The molecule has 2 heteroatoms. The van der Waals surface area contributed by atoms with Crippen molar-refractivity contribution < 1.29 is 4.42 Å². The zero-order valence-electron chi connectivity index (χ0n) is 7.08. The SMILES string of the molecule is CCC(C)[C@@H](N)c1ccco1. The van der Waals surface area contributed by atoms with Crippen molar-refractivity contribution in [3.63, 3.8) is 0 Å². The van der Waals surface area contributed by atoms with Gasteiger partial charge in [0, 0.05) is 0 Å². The van der Waals surface area contributed by atoms with Crippen LogP contribution in [0.25, 0.3) is 0 Å². The molecule has 0 aliphatic rings. The molecule has 1 unspecified atom stereocenters. The van der Waals surface area contributed by atoms with Crippen LogP contribution in [-0.2, 0) is 0 Å². The third-order valence-electron chi connectivity index (χ3n) is 2.13. The van der Waals surface area contributed by atoms with E-state index in [1.165, 1.54) is 0 Å². The van der Waals surface area contributed by atoms with Gasteiger partial charge in [-0.2, -0.15) is 0 Å². The lowest BCUT2D eigenvalue weighted by Crippen LogP contribution is -2.17. The van der Waals surface area contributed by atoms with Gasteiger partial charge in [-0.1, -0.05) is 20.3 Å². The van der Waals surface area contributed by atoms with Crippen LogP contribution in [0.3, 0.4) is 0 Å². The summed E-state index contributed by atoms with van der Waals surface area (Å²) in [5.74, 6) is 1.38. The van der Waals surface area contributed by atoms with E-state index in [-0.39, 0.29) is 6.04 Å². The standard InChI is InChI=1S/C9H15NO/c1-3-7(2)9(10)8-5-4-6-11-8/h4-7,9H,3,10H2,1-2H3/t7?,9-/m1/s1. The molecule has 2 N–H and O–H groups in total. The summed E-state index contributed by atoms with van der Waals surface area (Å²) in [5, 5.41) is 0. The Hall–Kier alpha value is -0.760. The van der Waals surface area contributed by atoms with E-state index in [0.29, 0.717) is 5.92 Å². The van der Waals surface area contributed by atoms with Crippen molar-refractivity contribution in [3.8, 4) is 0 Å². The maximum atomic E-state index is 5.90. The van der Waals surface area contributed by atoms with Gasteiger partial charge in [0.2, 0.25) is 0 Å². The Kier molecular flexibility index (Phi) is 2.71. The first-order chi connectivity index (χ1) is 5.25. The van der Waals surface area contributed by atoms with Gasteiger partial charge in [0.05, 0.1) is 12.3 Å². The van der Waals surface area contributed by atoms with Gasteiger partial charge in [0.25, 0.3) is 0 Å². The Morgan fingerprint density at radius 1 is 1.64 bits per heavy atom. The van der Waals surface area contributed by atoms with E-state index in [2.05, 4.69) is 13.8 Å². The highest BCUT2D eigenvalue weighted by Crippen LogP contribution is 2.21. The van der Waals surface area contributed by atoms with Crippen molar-refractivity contribution in [2.75, 3.05) is 0 Å². The normalized spacial score (nSPS) is 16.3. The van der Waals surface area contributed by atoms with Crippen LogP contribution >= 0.6 is 0 Å². The van der Waals surface area contributed by atoms with E-state index < -0.39 is 0 Å². The summed E-state index contributed by atoms with van der Waals surface area (Å²) >= 11 is 0. The molecule has 0 saturated carbocycles. The molecular formula is C9H15NO. The van der Waals surface area contributed by atoms with E-state index in [9.17, 15) is 0 Å². The van der Waals surface area contributed by atoms with Crippen molar-refractivity contribution in [1.29, 1.82) is 0 Å². The molecule has 0 bridgehead atoms. The summed E-state index contributed by atoms with van der Waals surface area (Å²) in [4.78, 5) is 0. The molecular weight excluding hydrogens is 138 g/mol.